The lowest BCUT2D eigenvalue weighted by Gasteiger charge is -2.06. The second-order valence-corrected chi connectivity index (χ2v) is 7.13. The van der Waals surface area contributed by atoms with Crippen LogP contribution < -0.4 is 16.0 Å². The molecule has 148 valence electrons. The fourth-order valence-electron chi connectivity index (χ4n) is 2.54. The zero-order chi connectivity index (χ0) is 20.6. The molecule has 0 saturated carbocycles. The minimum absolute atomic E-state index is 0.0556. The lowest BCUT2D eigenvalue weighted by molar-refractivity contribution is -0.116. The van der Waals surface area contributed by atoms with Crippen molar-refractivity contribution in [2.45, 2.75) is 19.8 Å². The molecule has 0 saturated heterocycles. The number of Topliss-reactive ketones (excluding diaryl/α,β-unsaturated/α-hetero) is 1. The first-order valence-electron chi connectivity index (χ1n) is 8.98. The van der Waals surface area contributed by atoms with Gasteiger partial charge >= 0.3 is 6.03 Å². The third-order valence-corrected chi connectivity index (χ3v) is 4.77. The van der Waals surface area contributed by atoms with Gasteiger partial charge in [-0.1, -0.05) is 30.3 Å². The van der Waals surface area contributed by atoms with Gasteiger partial charge in [-0.25, -0.2) is 9.78 Å². The Balaban J connectivity index is 1.47. The third-order valence-electron chi connectivity index (χ3n) is 3.96. The smallest absolute Gasteiger partial charge is 0.325 e. The number of aryl methyl sites for hydroxylation is 1. The quantitative estimate of drug-likeness (QED) is 0.499. The molecular formula is C21H20N4O3S. The van der Waals surface area contributed by atoms with Crippen LogP contribution in [0.3, 0.4) is 0 Å². The van der Waals surface area contributed by atoms with Crippen LogP contribution in [-0.4, -0.2) is 22.7 Å². The molecule has 3 N–H and O–H groups in total. The van der Waals surface area contributed by atoms with E-state index in [9.17, 15) is 14.4 Å². The Morgan fingerprint density at radius 2 is 1.69 bits per heavy atom. The van der Waals surface area contributed by atoms with Crippen molar-refractivity contribution in [3.8, 4) is 0 Å². The summed E-state index contributed by atoms with van der Waals surface area (Å²) in [6, 6.07) is 15.6. The Morgan fingerprint density at radius 3 is 2.45 bits per heavy atom. The maximum absolute atomic E-state index is 12.2. The van der Waals surface area contributed by atoms with Gasteiger partial charge in [0.1, 0.15) is 0 Å². The molecule has 3 aromatic rings. The fraction of sp³-hybridized carbons (Fsp3) is 0.143. The minimum Gasteiger partial charge on any atom is -0.326 e. The lowest BCUT2D eigenvalue weighted by atomic mass is 10.1. The normalized spacial score (nSPS) is 10.2. The highest BCUT2D eigenvalue weighted by Gasteiger charge is 2.10. The molecular weight excluding hydrogens is 388 g/mol. The minimum atomic E-state index is -0.375. The highest BCUT2D eigenvalue weighted by Crippen LogP contribution is 2.18. The number of anilines is 3. The number of rotatable bonds is 7. The largest absolute Gasteiger partial charge is 0.326 e. The number of para-hydroxylation sites is 1. The number of carbonyl (C=O) groups excluding carboxylic acids is 3. The second kappa shape index (κ2) is 9.61. The third kappa shape index (κ3) is 6.25. The lowest BCUT2D eigenvalue weighted by Crippen LogP contribution is -2.19. The summed E-state index contributed by atoms with van der Waals surface area (Å²) in [4.78, 5) is 39.9. The van der Waals surface area contributed by atoms with Gasteiger partial charge in [-0.05, 0) is 37.6 Å². The van der Waals surface area contributed by atoms with Crippen molar-refractivity contribution in [2.75, 3.05) is 16.0 Å². The van der Waals surface area contributed by atoms with E-state index in [1.807, 2.05) is 23.6 Å². The molecule has 0 aliphatic rings. The van der Waals surface area contributed by atoms with Crippen LogP contribution in [0.2, 0.25) is 0 Å². The van der Waals surface area contributed by atoms with Crippen LogP contribution in [-0.2, 0) is 11.2 Å². The van der Waals surface area contributed by atoms with Gasteiger partial charge in [0.2, 0.25) is 5.91 Å². The Kier molecular flexibility index (Phi) is 6.70. The summed E-state index contributed by atoms with van der Waals surface area (Å²) in [5.74, 6) is -0.227. The molecule has 0 atom stereocenters. The maximum Gasteiger partial charge on any atom is 0.325 e. The van der Waals surface area contributed by atoms with Gasteiger partial charge in [0.25, 0.3) is 0 Å². The molecule has 0 radical (unpaired) electrons. The zero-order valence-corrected chi connectivity index (χ0v) is 16.6. The Bertz CT molecular complexity index is 1020. The van der Waals surface area contributed by atoms with Gasteiger partial charge in [-0.15, -0.1) is 11.3 Å². The Labute approximate surface area is 172 Å². The van der Waals surface area contributed by atoms with E-state index in [0.717, 1.165) is 5.69 Å². The van der Waals surface area contributed by atoms with Crippen LogP contribution in [0.4, 0.5) is 21.3 Å². The van der Waals surface area contributed by atoms with Crippen molar-refractivity contribution in [1.29, 1.82) is 0 Å². The number of urea groups is 1. The SMILES string of the molecule is CC(=O)c1cccc(NC(=O)CCc2csc(NC(=O)Nc3ccccc3)n2)c1. The van der Waals surface area contributed by atoms with E-state index in [2.05, 4.69) is 20.9 Å². The summed E-state index contributed by atoms with van der Waals surface area (Å²) in [5.41, 5.74) is 2.54. The van der Waals surface area contributed by atoms with Crippen LogP contribution in [0.15, 0.2) is 60.0 Å². The summed E-state index contributed by atoms with van der Waals surface area (Å²) in [7, 11) is 0. The molecule has 0 aliphatic heterocycles. The molecule has 7 nitrogen and oxygen atoms in total. The van der Waals surface area contributed by atoms with Crippen LogP contribution in [0.5, 0.6) is 0 Å². The van der Waals surface area contributed by atoms with Crippen molar-refractivity contribution in [3.63, 3.8) is 0 Å². The summed E-state index contributed by atoms with van der Waals surface area (Å²) >= 11 is 1.30. The van der Waals surface area contributed by atoms with Crippen molar-refractivity contribution in [3.05, 3.63) is 71.2 Å². The summed E-state index contributed by atoms with van der Waals surface area (Å²) < 4.78 is 0. The van der Waals surface area contributed by atoms with E-state index < -0.39 is 0 Å². The number of benzene rings is 2. The van der Waals surface area contributed by atoms with Crippen LogP contribution >= 0.6 is 11.3 Å². The molecule has 0 fully saturated rings. The molecule has 0 unspecified atom stereocenters. The number of nitrogens with one attached hydrogen (secondary N) is 3. The molecule has 3 rings (SSSR count). The standard InChI is InChI=1S/C21H20N4O3S/c1-14(26)15-6-5-9-17(12-15)22-19(27)11-10-18-13-29-21(24-18)25-20(28)23-16-7-3-2-4-8-16/h2-9,12-13H,10-11H2,1H3,(H,22,27)(H2,23,24,25,28). The number of amides is 3. The molecule has 0 aliphatic carbocycles. The first-order valence-corrected chi connectivity index (χ1v) is 9.86. The number of aromatic nitrogens is 1. The molecule has 1 aromatic heterocycles. The molecule has 3 amide bonds. The summed E-state index contributed by atoms with van der Waals surface area (Å²) in [6.07, 6.45) is 0.681. The van der Waals surface area contributed by atoms with Crippen molar-refractivity contribution < 1.29 is 14.4 Å². The Morgan fingerprint density at radius 1 is 0.931 bits per heavy atom. The number of carbonyl (C=O) groups is 3. The van der Waals surface area contributed by atoms with Crippen LogP contribution in [0, 0.1) is 0 Å². The maximum atomic E-state index is 12.2. The van der Waals surface area contributed by atoms with Crippen LogP contribution in [0.1, 0.15) is 29.4 Å². The number of hydrogen-bond donors (Lipinski definition) is 3. The van der Waals surface area contributed by atoms with E-state index >= 15 is 0 Å². The Hall–Kier alpha value is -3.52. The van der Waals surface area contributed by atoms with Crippen molar-refractivity contribution in [2.24, 2.45) is 0 Å². The molecule has 29 heavy (non-hydrogen) atoms. The van der Waals surface area contributed by atoms with E-state index in [0.29, 0.717) is 28.5 Å². The highest BCUT2D eigenvalue weighted by molar-refractivity contribution is 7.13. The van der Waals surface area contributed by atoms with Gasteiger partial charge in [0.05, 0.1) is 5.69 Å². The van der Waals surface area contributed by atoms with Crippen molar-refractivity contribution in [1.82, 2.24) is 4.98 Å². The average molecular weight is 408 g/mol. The van der Waals surface area contributed by atoms with Gasteiger partial charge < -0.3 is 10.6 Å². The van der Waals surface area contributed by atoms with Crippen molar-refractivity contribution >= 4 is 45.6 Å². The number of nitrogens with zero attached hydrogens (tertiary/aromatic N) is 1. The van der Waals surface area contributed by atoms with E-state index in [-0.39, 0.29) is 24.1 Å². The first-order chi connectivity index (χ1) is 14.0. The number of thiazole rings is 1. The monoisotopic (exact) mass is 408 g/mol. The summed E-state index contributed by atoms with van der Waals surface area (Å²) in [5, 5.41) is 10.4. The fourth-order valence-corrected chi connectivity index (χ4v) is 3.28. The van der Waals surface area contributed by atoms with Gasteiger partial charge in [-0.2, -0.15) is 0 Å². The van der Waals surface area contributed by atoms with E-state index in [4.69, 9.17) is 0 Å². The predicted octanol–water partition coefficient (Wildman–Crippen LogP) is 4.56. The zero-order valence-electron chi connectivity index (χ0n) is 15.8. The van der Waals surface area contributed by atoms with E-state index in [1.165, 1.54) is 18.3 Å². The predicted molar refractivity (Wildman–Crippen MR) is 115 cm³/mol. The molecule has 8 heteroatoms. The molecule has 1 heterocycles. The molecule has 2 aromatic carbocycles. The second-order valence-electron chi connectivity index (χ2n) is 6.27. The molecule has 0 spiro atoms. The van der Waals surface area contributed by atoms with Gasteiger partial charge in [0.15, 0.2) is 10.9 Å². The van der Waals surface area contributed by atoms with Gasteiger partial charge in [0, 0.05) is 28.7 Å². The number of ketones is 1. The average Bonchev–Trinajstić information content (AvgIpc) is 3.14. The number of hydrogen-bond acceptors (Lipinski definition) is 5. The first kappa shape index (κ1) is 20.2. The van der Waals surface area contributed by atoms with Gasteiger partial charge in [-0.3, -0.25) is 14.9 Å². The highest BCUT2D eigenvalue weighted by atomic mass is 32.1. The van der Waals surface area contributed by atoms with Crippen LogP contribution in [0.25, 0.3) is 0 Å². The topological polar surface area (TPSA) is 100 Å². The summed E-state index contributed by atoms with van der Waals surface area (Å²) in [6.45, 7) is 1.48. The van der Waals surface area contributed by atoms with E-state index in [1.54, 1.807) is 36.4 Å². The molecule has 0 bridgehead atoms.